The van der Waals surface area contributed by atoms with Crippen molar-refractivity contribution in [2.75, 3.05) is 57.7 Å². The summed E-state index contributed by atoms with van der Waals surface area (Å²) < 4.78 is 0. The van der Waals surface area contributed by atoms with Crippen LogP contribution < -0.4 is 5.32 Å². The fourth-order valence-electron chi connectivity index (χ4n) is 3.69. The molecule has 11 heteroatoms. The van der Waals surface area contributed by atoms with Crippen molar-refractivity contribution in [3.63, 3.8) is 0 Å². The summed E-state index contributed by atoms with van der Waals surface area (Å²) in [6.45, 7) is 1.30. The quantitative estimate of drug-likeness (QED) is 0.361. The van der Waals surface area contributed by atoms with Gasteiger partial charge in [0.1, 0.15) is 0 Å². The number of aliphatic carboxylic acids is 3. The van der Waals surface area contributed by atoms with E-state index in [1.165, 1.54) is 5.49 Å². The van der Waals surface area contributed by atoms with Gasteiger partial charge in [-0.05, 0) is 24.1 Å². The first kappa shape index (κ1) is 24.7. The highest BCUT2D eigenvalue weighted by atomic mass is 32.1. The first-order valence-electron chi connectivity index (χ1n) is 9.90. The van der Waals surface area contributed by atoms with Gasteiger partial charge >= 0.3 is 17.9 Å². The van der Waals surface area contributed by atoms with E-state index in [0.717, 1.165) is 11.3 Å². The predicted molar refractivity (Wildman–Crippen MR) is 119 cm³/mol. The molecule has 0 bridgehead atoms. The van der Waals surface area contributed by atoms with Crippen LogP contribution in [-0.4, -0.2) is 112 Å². The highest BCUT2D eigenvalue weighted by Crippen LogP contribution is 2.16. The number of carboxylic acids is 3. The van der Waals surface area contributed by atoms with Crippen LogP contribution in [0.15, 0.2) is 24.3 Å². The van der Waals surface area contributed by atoms with Gasteiger partial charge in [-0.3, -0.25) is 29.1 Å². The third-order valence-electron chi connectivity index (χ3n) is 5.13. The van der Waals surface area contributed by atoms with Gasteiger partial charge in [-0.25, -0.2) is 0 Å². The van der Waals surface area contributed by atoms with Crippen LogP contribution in [-0.2, 0) is 20.8 Å². The second-order valence-corrected chi connectivity index (χ2v) is 7.72. The van der Waals surface area contributed by atoms with E-state index in [1.54, 1.807) is 14.7 Å². The Hall–Kier alpha value is -2.60. The van der Waals surface area contributed by atoms with Crippen LogP contribution in [0.2, 0.25) is 0 Å². The first-order chi connectivity index (χ1) is 14.8. The number of nitrogens with zero attached hydrogens (tertiary/aromatic N) is 3. The van der Waals surface area contributed by atoms with E-state index in [2.05, 4.69) is 5.32 Å². The first-order valence-corrected chi connectivity index (χ1v) is 10.4. The van der Waals surface area contributed by atoms with Crippen molar-refractivity contribution in [2.45, 2.75) is 12.5 Å². The number of benzene rings is 1. The van der Waals surface area contributed by atoms with Crippen molar-refractivity contribution in [3.8, 4) is 0 Å². The van der Waals surface area contributed by atoms with Gasteiger partial charge < -0.3 is 20.6 Å². The Morgan fingerprint density at radius 2 is 1.45 bits per heavy atom. The molecule has 1 unspecified atom stereocenters. The maximum absolute atomic E-state index is 11.5. The van der Waals surface area contributed by atoms with Crippen LogP contribution >= 0.6 is 12.2 Å². The number of thiocarbonyl (C=S) groups is 1. The highest BCUT2D eigenvalue weighted by Gasteiger charge is 2.27. The molecule has 1 atom stereocenters. The van der Waals surface area contributed by atoms with Gasteiger partial charge in [0.25, 0.3) is 0 Å². The Morgan fingerprint density at radius 1 is 0.903 bits per heavy atom. The molecule has 10 nitrogen and oxygen atoms in total. The minimum Gasteiger partial charge on any atom is -0.480 e. The minimum atomic E-state index is -0.987. The molecule has 1 aliphatic rings. The number of hydrogen-bond acceptors (Lipinski definition) is 7. The summed E-state index contributed by atoms with van der Waals surface area (Å²) in [7, 11) is 0. The Balaban J connectivity index is 2.26. The maximum atomic E-state index is 11.5. The van der Waals surface area contributed by atoms with Crippen molar-refractivity contribution in [1.82, 2.24) is 14.7 Å². The molecule has 0 aromatic heterocycles. The van der Waals surface area contributed by atoms with E-state index in [1.807, 2.05) is 24.3 Å². The topological polar surface area (TPSA) is 134 Å². The van der Waals surface area contributed by atoms with Crippen molar-refractivity contribution < 1.29 is 29.7 Å². The summed E-state index contributed by atoms with van der Waals surface area (Å²) in [5, 5.41) is 30.8. The third kappa shape index (κ3) is 8.97. The van der Waals surface area contributed by atoms with E-state index >= 15 is 0 Å². The third-order valence-corrected chi connectivity index (χ3v) is 5.25. The summed E-state index contributed by atoms with van der Waals surface area (Å²) in [4.78, 5) is 39.3. The van der Waals surface area contributed by atoms with Crippen LogP contribution in [0.4, 0.5) is 5.69 Å². The second-order valence-electron chi connectivity index (χ2n) is 7.48. The van der Waals surface area contributed by atoms with E-state index in [-0.39, 0.29) is 25.7 Å². The Kier molecular flexibility index (Phi) is 9.79. The largest absolute Gasteiger partial charge is 0.480 e. The molecule has 0 radical (unpaired) electrons. The summed E-state index contributed by atoms with van der Waals surface area (Å²) >= 11 is 4.78. The van der Waals surface area contributed by atoms with Gasteiger partial charge in [-0.15, -0.1) is 0 Å². The van der Waals surface area contributed by atoms with E-state index in [0.29, 0.717) is 39.1 Å². The number of rotatable bonds is 10. The Bertz CT molecular complexity index is 775. The average molecular weight is 453 g/mol. The van der Waals surface area contributed by atoms with E-state index < -0.39 is 17.9 Å². The molecule has 4 N–H and O–H groups in total. The summed E-state index contributed by atoms with van der Waals surface area (Å²) in [5.74, 6) is -2.95. The van der Waals surface area contributed by atoms with Crippen LogP contribution in [0.3, 0.4) is 0 Å². The number of anilines is 1. The molecular formula is C20H28N4O6S. The van der Waals surface area contributed by atoms with Crippen LogP contribution in [0, 0.1) is 0 Å². The molecule has 1 saturated heterocycles. The van der Waals surface area contributed by atoms with Crippen molar-refractivity contribution in [1.29, 1.82) is 0 Å². The molecule has 1 aromatic rings. The Labute approximate surface area is 186 Å². The molecular weight excluding hydrogens is 424 g/mol. The number of carbonyl (C=O) groups is 3. The number of carboxylic acid groups (broad SMARTS) is 3. The minimum absolute atomic E-state index is 0.180. The Morgan fingerprint density at radius 3 is 2.03 bits per heavy atom. The van der Waals surface area contributed by atoms with E-state index in [4.69, 9.17) is 17.3 Å². The second kappa shape index (κ2) is 12.3. The molecule has 31 heavy (non-hydrogen) atoms. The van der Waals surface area contributed by atoms with Crippen LogP contribution in [0.5, 0.6) is 0 Å². The normalized spacial score (nSPS) is 19.0. The van der Waals surface area contributed by atoms with Gasteiger partial charge in [0.2, 0.25) is 0 Å². The monoisotopic (exact) mass is 452 g/mol. The standard InChI is InChI=1S/C20H28N4O6S/c25-18(26)11-22-5-6-23(12-19(27)28)10-17(24(8-7-22)13-20(29)30)9-15-1-3-16(4-2-15)21-14-31/h1-4,14,17H,5-13H2,(H,21,31)(H,25,26)(H,27,28)(H,29,30). The lowest BCUT2D eigenvalue weighted by Gasteiger charge is -2.33. The molecule has 170 valence electrons. The lowest BCUT2D eigenvalue weighted by atomic mass is 10.0. The van der Waals surface area contributed by atoms with Gasteiger partial charge in [0.05, 0.1) is 25.1 Å². The number of nitrogens with one attached hydrogen (secondary N) is 1. The van der Waals surface area contributed by atoms with Crippen molar-refractivity contribution >= 4 is 41.3 Å². The molecule has 1 aliphatic heterocycles. The zero-order chi connectivity index (χ0) is 22.8. The van der Waals surface area contributed by atoms with Crippen molar-refractivity contribution in [2.24, 2.45) is 0 Å². The van der Waals surface area contributed by atoms with Gasteiger partial charge in [0, 0.05) is 44.5 Å². The molecule has 1 aromatic carbocycles. The molecule has 0 aliphatic carbocycles. The molecule has 0 amide bonds. The van der Waals surface area contributed by atoms with Crippen molar-refractivity contribution in [3.05, 3.63) is 29.8 Å². The van der Waals surface area contributed by atoms with Crippen LogP contribution in [0.25, 0.3) is 0 Å². The smallest absolute Gasteiger partial charge is 0.317 e. The van der Waals surface area contributed by atoms with Gasteiger partial charge in [0.15, 0.2) is 0 Å². The zero-order valence-corrected chi connectivity index (χ0v) is 18.0. The average Bonchev–Trinajstić information content (AvgIpc) is 2.74. The highest BCUT2D eigenvalue weighted by molar-refractivity contribution is 7.79. The summed E-state index contributed by atoms with van der Waals surface area (Å²) in [6.07, 6.45) is 0.528. The maximum Gasteiger partial charge on any atom is 0.317 e. The fourth-order valence-corrected chi connectivity index (χ4v) is 3.82. The molecule has 2 rings (SSSR count). The molecule has 1 fully saturated rings. The molecule has 0 spiro atoms. The zero-order valence-electron chi connectivity index (χ0n) is 17.1. The van der Waals surface area contributed by atoms with E-state index in [9.17, 15) is 24.6 Å². The van der Waals surface area contributed by atoms with Gasteiger partial charge in [-0.2, -0.15) is 0 Å². The lowest BCUT2D eigenvalue weighted by molar-refractivity contribution is -0.140. The SMILES string of the molecule is O=C(O)CN1CCN(CC(=O)O)CC(Cc2ccc(NC=S)cc2)N(CC(=O)O)CC1. The summed E-state index contributed by atoms with van der Waals surface area (Å²) in [5.41, 5.74) is 3.23. The summed E-state index contributed by atoms with van der Waals surface area (Å²) in [6, 6.07) is 7.34. The fraction of sp³-hybridized carbons (Fsp3) is 0.500. The molecule has 1 heterocycles. The molecule has 0 saturated carbocycles. The lowest BCUT2D eigenvalue weighted by Crippen LogP contribution is -2.49. The van der Waals surface area contributed by atoms with Gasteiger partial charge in [-0.1, -0.05) is 24.4 Å². The predicted octanol–water partition coefficient (Wildman–Crippen LogP) is 0.140. The van der Waals surface area contributed by atoms with Crippen LogP contribution in [0.1, 0.15) is 5.56 Å². The number of hydrogen-bond donors (Lipinski definition) is 4.